The van der Waals surface area contributed by atoms with Crippen molar-refractivity contribution in [3.63, 3.8) is 0 Å². The average molecular weight is 287 g/mol. The molecule has 21 heavy (non-hydrogen) atoms. The summed E-state index contributed by atoms with van der Waals surface area (Å²) in [6, 6.07) is 8.37. The van der Waals surface area contributed by atoms with Crippen molar-refractivity contribution in [3.05, 3.63) is 29.3 Å². The smallest absolute Gasteiger partial charge is 0.0413 e. The normalized spacial score (nSPS) is 23.6. The molecular formula is C18H29N3. The molecule has 1 N–H and O–H groups in total. The van der Waals surface area contributed by atoms with Gasteiger partial charge >= 0.3 is 0 Å². The van der Waals surface area contributed by atoms with E-state index in [0.717, 1.165) is 25.7 Å². The molecule has 0 bridgehead atoms. The summed E-state index contributed by atoms with van der Waals surface area (Å²) < 4.78 is 0. The van der Waals surface area contributed by atoms with Gasteiger partial charge in [-0.25, -0.2) is 0 Å². The Balaban J connectivity index is 1.73. The standard InChI is InChI=1S/C18H29N3/c1-4-20-9-10-21(13-15(20)3)18-8-5-14(2)11-16(18)12-19-17-6-7-17/h5,8,11,15,17,19H,4,6-7,9-10,12-13H2,1-3H3. The van der Waals surface area contributed by atoms with Crippen LogP contribution >= 0.6 is 0 Å². The number of nitrogens with one attached hydrogen (secondary N) is 1. The fourth-order valence-electron chi connectivity index (χ4n) is 3.39. The number of benzene rings is 1. The van der Waals surface area contributed by atoms with E-state index in [1.807, 2.05) is 0 Å². The van der Waals surface area contributed by atoms with Crippen molar-refractivity contribution in [2.45, 2.75) is 52.2 Å². The van der Waals surface area contributed by atoms with Gasteiger partial charge in [0, 0.05) is 44.0 Å². The van der Waals surface area contributed by atoms with Gasteiger partial charge in [-0.05, 0) is 44.9 Å². The summed E-state index contributed by atoms with van der Waals surface area (Å²) in [6.07, 6.45) is 2.71. The molecule has 1 saturated carbocycles. The van der Waals surface area contributed by atoms with E-state index in [2.05, 4.69) is 54.1 Å². The lowest BCUT2D eigenvalue weighted by Crippen LogP contribution is -2.52. The maximum absolute atomic E-state index is 3.67. The second-order valence-electron chi connectivity index (χ2n) is 6.71. The van der Waals surface area contributed by atoms with Crippen LogP contribution in [-0.2, 0) is 6.54 Å². The van der Waals surface area contributed by atoms with Crippen molar-refractivity contribution in [2.24, 2.45) is 0 Å². The molecule has 3 heteroatoms. The zero-order valence-corrected chi connectivity index (χ0v) is 13.7. The van der Waals surface area contributed by atoms with Crippen molar-refractivity contribution < 1.29 is 0 Å². The molecular weight excluding hydrogens is 258 g/mol. The van der Waals surface area contributed by atoms with Gasteiger partial charge in [0.15, 0.2) is 0 Å². The summed E-state index contributed by atoms with van der Waals surface area (Å²) in [6.45, 7) is 12.5. The van der Waals surface area contributed by atoms with Crippen LogP contribution in [0.4, 0.5) is 5.69 Å². The fraction of sp³-hybridized carbons (Fsp3) is 0.667. The molecule has 0 amide bonds. The number of piperazine rings is 1. The first-order valence-electron chi connectivity index (χ1n) is 8.49. The first-order chi connectivity index (χ1) is 10.2. The third-order valence-corrected chi connectivity index (χ3v) is 4.91. The van der Waals surface area contributed by atoms with Crippen LogP contribution in [0.5, 0.6) is 0 Å². The molecule has 2 fully saturated rings. The minimum absolute atomic E-state index is 0.647. The topological polar surface area (TPSA) is 18.5 Å². The second kappa shape index (κ2) is 6.37. The molecule has 0 aromatic heterocycles. The van der Waals surface area contributed by atoms with Gasteiger partial charge < -0.3 is 10.2 Å². The van der Waals surface area contributed by atoms with E-state index in [1.165, 1.54) is 42.7 Å². The number of aryl methyl sites for hydroxylation is 1. The van der Waals surface area contributed by atoms with Crippen LogP contribution in [0.1, 0.15) is 37.8 Å². The van der Waals surface area contributed by atoms with Gasteiger partial charge in [0.1, 0.15) is 0 Å². The van der Waals surface area contributed by atoms with Gasteiger partial charge in [-0.2, -0.15) is 0 Å². The molecule has 1 aromatic carbocycles. The van der Waals surface area contributed by atoms with Gasteiger partial charge in [0.2, 0.25) is 0 Å². The molecule has 1 heterocycles. The quantitative estimate of drug-likeness (QED) is 0.898. The zero-order valence-electron chi connectivity index (χ0n) is 13.7. The van der Waals surface area contributed by atoms with Crippen molar-refractivity contribution >= 4 is 5.69 Å². The minimum atomic E-state index is 0.647. The zero-order chi connectivity index (χ0) is 14.8. The van der Waals surface area contributed by atoms with E-state index in [-0.39, 0.29) is 0 Å². The lowest BCUT2D eigenvalue weighted by Gasteiger charge is -2.41. The van der Waals surface area contributed by atoms with Gasteiger partial charge in [-0.1, -0.05) is 24.6 Å². The summed E-state index contributed by atoms with van der Waals surface area (Å²) in [5, 5.41) is 3.67. The van der Waals surface area contributed by atoms with Crippen LogP contribution in [-0.4, -0.2) is 43.2 Å². The summed E-state index contributed by atoms with van der Waals surface area (Å²) in [5.41, 5.74) is 4.28. The monoisotopic (exact) mass is 287 g/mol. The molecule has 3 nitrogen and oxygen atoms in total. The van der Waals surface area contributed by atoms with Gasteiger partial charge in [0.25, 0.3) is 0 Å². The number of hydrogen-bond acceptors (Lipinski definition) is 3. The molecule has 1 saturated heterocycles. The Morgan fingerprint density at radius 2 is 2.05 bits per heavy atom. The van der Waals surface area contributed by atoms with Crippen LogP contribution in [0.2, 0.25) is 0 Å². The summed E-state index contributed by atoms with van der Waals surface area (Å²) in [7, 11) is 0. The lowest BCUT2D eigenvalue weighted by atomic mass is 10.1. The molecule has 0 radical (unpaired) electrons. The Labute approximate surface area is 129 Å². The van der Waals surface area contributed by atoms with Crippen LogP contribution in [0, 0.1) is 6.92 Å². The first-order valence-corrected chi connectivity index (χ1v) is 8.49. The lowest BCUT2D eigenvalue weighted by molar-refractivity contribution is 0.199. The van der Waals surface area contributed by atoms with Gasteiger partial charge in [-0.3, -0.25) is 4.90 Å². The summed E-state index contributed by atoms with van der Waals surface area (Å²) in [5.74, 6) is 0. The van der Waals surface area contributed by atoms with Crippen molar-refractivity contribution in [1.29, 1.82) is 0 Å². The Hall–Kier alpha value is -1.06. The van der Waals surface area contributed by atoms with Crippen molar-refractivity contribution in [1.82, 2.24) is 10.2 Å². The molecule has 1 aromatic rings. The van der Waals surface area contributed by atoms with E-state index >= 15 is 0 Å². The SMILES string of the molecule is CCN1CCN(c2ccc(C)cc2CNC2CC2)CC1C. The number of anilines is 1. The van der Waals surface area contributed by atoms with Gasteiger partial charge in [-0.15, -0.1) is 0 Å². The first kappa shape index (κ1) is 14.9. The third-order valence-electron chi connectivity index (χ3n) is 4.91. The largest absolute Gasteiger partial charge is 0.368 e. The molecule has 2 aliphatic rings. The number of rotatable bonds is 5. The van der Waals surface area contributed by atoms with Crippen molar-refractivity contribution in [2.75, 3.05) is 31.1 Å². The van der Waals surface area contributed by atoms with Gasteiger partial charge in [0.05, 0.1) is 0 Å². The highest BCUT2D eigenvalue weighted by molar-refractivity contribution is 5.55. The van der Waals surface area contributed by atoms with E-state index < -0.39 is 0 Å². The molecule has 1 unspecified atom stereocenters. The maximum atomic E-state index is 3.67. The second-order valence-corrected chi connectivity index (χ2v) is 6.71. The fourth-order valence-corrected chi connectivity index (χ4v) is 3.39. The van der Waals surface area contributed by atoms with E-state index in [9.17, 15) is 0 Å². The number of likely N-dealkylation sites (N-methyl/N-ethyl adjacent to an activating group) is 1. The predicted molar refractivity (Wildman–Crippen MR) is 90.0 cm³/mol. The highest BCUT2D eigenvalue weighted by Gasteiger charge is 2.25. The molecule has 3 rings (SSSR count). The Morgan fingerprint density at radius 1 is 1.24 bits per heavy atom. The average Bonchev–Trinajstić information content (AvgIpc) is 3.29. The molecule has 1 aliphatic heterocycles. The number of nitrogens with zero attached hydrogens (tertiary/aromatic N) is 2. The molecule has 116 valence electrons. The predicted octanol–water partition coefficient (Wildman–Crippen LogP) is 2.78. The highest BCUT2D eigenvalue weighted by atomic mass is 15.3. The molecule has 1 aliphatic carbocycles. The van der Waals surface area contributed by atoms with Crippen molar-refractivity contribution in [3.8, 4) is 0 Å². The van der Waals surface area contributed by atoms with Crippen LogP contribution in [0.25, 0.3) is 0 Å². The van der Waals surface area contributed by atoms with E-state index in [4.69, 9.17) is 0 Å². The van der Waals surface area contributed by atoms with E-state index in [1.54, 1.807) is 0 Å². The summed E-state index contributed by atoms with van der Waals surface area (Å²) >= 11 is 0. The minimum Gasteiger partial charge on any atom is -0.368 e. The van der Waals surface area contributed by atoms with E-state index in [0.29, 0.717) is 6.04 Å². The van der Waals surface area contributed by atoms with Crippen LogP contribution in [0.15, 0.2) is 18.2 Å². The highest BCUT2D eigenvalue weighted by Crippen LogP contribution is 2.26. The Kier molecular flexibility index (Phi) is 4.51. The Bertz CT molecular complexity index is 481. The molecule has 0 spiro atoms. The Morgan fingerprint density at radius 3 is 2.71 bits per heavy atom. The third kappa shape index (κ3) is 3.58. The number of hydrogen-bond donors (Lipinski definition) is 1. The van der Waals surface area contributed by atoms with Crippen LogP contribution in [0.3, 0.4) is 0 Å². The summed E-state index contributed by atoms with van der Waals surface area (Å²) in [4.78, 5) is 5.16. The molecule has 1 atom stereocenters. The van der Waals surface area contributed by atoms with Crippen LogP contribution < -0.4 is 10.2 Å². The maximum Gasteiger partial charge on any atom is 0.0413 e.